The van der Waals surface area contributed by atoms with E-state index >= 15 is 0 Å². The van der Waals surface area contributed by atoms with E-state index < -0.39 is 17.7 Å². The van der Waals surface area contributed by atoms with Gasteiger partial charge in [0, 0.05) is 17.3 Å². The first kappa shape index (κ1) is 11.9. The molecule has 0 aliphatic carbocycles. The standard InChI is InChI=1S/C11H10FNO3/c1-7(11(15)16)6-10(14)13-9-4-2-8(12)3-5-9/h2-6H,1H3,(H,13,14)(H,15,16)/b7-6+. The summed E-state index contributed by atoms with van der Waals surface area (Å²) in [5.41, 5.74) is 0.334. The molecule has 1 amide bonds. The molecule has 5 heteroatoms. The molecule has 0 unspecified atom stereocenters. The molecule has 0 saturated heterocycles. The summed E-state index contributed by atoms with van der Waals surface area (Å²) in [5.74, 6) is -2.13. The minimum Gasteiger partial charge on any atom is -0.478 e. The lowest BCUT2D eigenvalue weighted by Crippen LogP contribution is -2.10. The molecule has 84 valence electrons. The van der Waals surface area contributed by atoms with E-state index in [2.05, 4.69) is 5.32 Å². The Morgan fingerprint density at radius 3 is 2.38 bits per heavy atom. The third-order valence-electron chi connectivity index (χ3n) is 1.80. The lowest BCUT2D eigenvalue weighted by Gasteiger charge is -2.01. The van der Waals surface area contributed by atoms with Crippen LogP contribution >= 0.6 is 0 Å². The van der Waals surface area contributed by atoms with Crippen LogP contribution in [0.2, 0.25) is 0 Å². The first-order valence-electron chi connectivity index (χ1n) is 4.47. The Kier molecular flexibility index (Phi) is 3.77. The predicted molar refractivity (Wildman–Crippen MR) is 56.4 cm³/mol. The second-order valence-corrected chi connectivity index (χ2v) is 3.13. The molecule has 0 aromatic heterocycles. The van der Waals surface area contributed by atoms with E-state index in [0.717, 1.165) is 6.08 Å². The fourth-order valence-electron chi connectivity index (χ4n) is 0.970. The summed E-state index contributed by atoms with van der Waals surface area (Å²) >= 11 is 0. The molecule has 0 heterocycles. The molecule has 0 radical (unpaired) electrons. The van der Waals surface area contributed by atoms with Gasteiger partial charge in [0.2, 0.25) is 5.91 Å². The number of benzene rings is 1. The number of carboxylic acid groups (broad SMARTS) is 1. The third kappa shape index (κ3) is 3.53. The number of anilines is 1. The number of nitrogens with one attached hydrogen (secondary N) is 1. The number of hydrogen-bond donors (Lipinski definition) is 2. The van der Waals surface area contributed by atoms with E-state index in [4.69, 9.17) is 5.11 Å². The van der Waals surface area contributed by atoms with Crippen LogP contribution in [0.3, 0.4) is 0 Å². The average Bonchev–Trinajstić information content (AvgIpc) is 2.21. The van der Waals surface area contributed by atoms with Crippen LogP contribution < -0.4 is 5.32 Å². The van der Waals surface area contributed by atoms with Gasteiger partial charge in [0.25, 0.3) is 0 Å². The van der Waals surface area contributed by atoms with Gasteiger partial charge in [-0.3, -0.25) is 4.79 Å². The molecule has 0 aliphatic heterocycles. The van der Waals surface area contributed by atoms with Crippen LogP contribution in [0.1, 0.15) is 6.92 Å². The van der Waals surface area contributed by atoms with Crippen LogP contribution in [-0.2, 0) is 9.59 Å². The summed E-state index contributed by atoms with van der Waals surface area (Å²) in [6.45, 7) is 1.31. The molecule has 1 aromatic carbocycles. The van der Waals surface area contributed by atoms with Crippen molar-refractivity contribution in [1.29, 1.82) is 0 Å². The molecular formula is C11H10FNO3. The molecule has 4 nitrogen and oxygen atoms in total. The molecule has 1 rings (SSSR count). The second-order valence-electron chi connectivity index (χ2n) is 3.13. The van der Waals surface area contributed by atoms with E-state index in [9.17, 15) is 14.0 Å². The Hall–Kier alpha value is -2.17. The molecule has 0 spiro atoms. The maximum Gasteiger partial charge on any atom is 0.331 e. The summed E-state index contributed by atoms with van der Waals surface area (Å²) in [5, 5.41) is 10.9. The SMILES string of the molecule is C/C(=C\C(=O)Nc1ccc(F)cc1)C(=O)O. The number of hydrogen-bond acceptors (Lipinski definition) is 2. The van der Waals surface area contributed by atoms with E-state index in [1.54, 1.807) is 0 Å². The molecular weight excluding hydrogens is 213 g/mol. The minimum atomic E-state index is -1.16. The number of rotatable bonds is 3. The van der Waals surface area contributed by atoms with Crippen LogP contribution in [0.4, 0.5) is 10.1 Å². The van der Waals surface area contributed by atoms with Gasteiger partial charge in [-0.1, -0.05) is 0 Å². The van der Waals surface area contributed by atoms with E-state index in [1.165, 1.54) is 31.2 Å². The minimum absolute atomic E-state index is 0.0698. The van der Waals surface area contributed by atoms with Crippen molar-refractivity contribution >= 4 is 17.6 Å². The predicted octanol–water partition coefficient (Wildman–Crippen LogP) is 1.80. The van der Waals surface area contributed by atoms with E-state index in [1.807, 2.05) is 0 Å². The van der Waals surface area contributed by atoms with Gasteiger partial charge in [-0.25, -0.2) is 9.18 Å². The zero-order valence-electron chi connectivity index (χ0n) is 8.53. The Balaban J connectivity index is 2.68. The zero-order chi connectivity index (χ0) is 12.1. The maximum atomic E-state index is 12.5. The summed E-state index contributed by atoms with van der Waals surface area (Å²) in [6.07, 6.45) is 0.964. The fraction of sp³-hybridized carbons (Fsp3) is 0.0909. The number of amides is 1. The number of aliphatic carboxylic acids is 1. The van der Waals surface area contributed by atoms with Crippen molar-refractivity contribution in [1.82, 2.24) is 0 Å². The van der Waals surface area contributed by atoms with Crippen molar-refractivity contribution in [2.75, 3.05) is 5.32 Å². The molecule has 16 heavy (non-hydrogen) atoms. The van der Waals surface area contributed by atoms with Crippen LogP contribution in [0.15, 0.2) is 35.9 Å². The molecule has 1 aromatic rings. The lowest BCUT2D eigenvalue weighted by atomic mass is 10.2. The van der Waals surface area contributed by atoms with Gasteiger partial charge < -0.3 is 10.4 Å². The number of halogens is 1. The Bertz CT molecular complexity index is 437. The number of carboxylic acids is 1. The largest absolute Gasteiger partial charge is 0.478 e. The first-order valence-corrected chi connectivity index (χ1v) is 4.47. The molecule has 0 aliphatic rings. The molecule has 0 bridgehead atoms. The lowest BCUT2D eigenvalue weighted by molar-refractivity contribution is -0.132. The smallest absolute Gasteiger partial charge is 0.331 e. The third-order valence-corrected chi connectivity index (χ3v) is 1.80. The maximum absolute atomic E-state index is 12.5. The van der Waals surface area contributed by atoms with Gasteiger partial charge in [0.15, 0.2) is 0 Å². The monoisotopic (exact) mass is 223 g/mol. The van der Waals surface area contributed by atoms with Crippen molar-refractivity contribution in [3.8, 4) is 0 Å². The van der Waals surface area contributed by atoms with Crippen molar-refractivity contribution in [2.24, 2.45) is 0 Å². The van der Waals surface area contributed by atoms with Gasteiger partial charge in [0.05, 0.1) is 0 Å². The number of carbonyl (C=O) groups excluding carboxylic acids is 1. The fourth-order valence-corrected chi connectivity index (χ4v) is 0.970. The van der Waals surface area contributed by atoms with E-state index in [0.29, 0.717) is 5.69 Å². The Labute approximate surface area is 91.4 Å². The second kappa shape index (κ2) is 5.06. The zero-order valence-corrected chi connectivity index (χ0v) is 8.53. The molecule has 0 atom stereocenters. The summed E-state index contributed by atoms with van der Waals surface area (Å²) in [6, 6.07) is 5.17. The molecule has 2 N–H and O–H groups in total. The van der Waals surface area contributed by atoms with Crippen LogP contribution in [-0.4, -0.2) is 17.0 Å². The molecule has 0 saturated carbocycles. The summed E-state index contributed by atoms with van der Waals surface area (Å²) in [7, 11) is 0. The normalized spacial score (nSPS) is 11.0. The summed E-state index contributed by atoms with van der Waals surface area (Å²) in [4.78, 5) is 21.7. The highest BCUT2D eigenvalue weighted by atomic mass is 19.1. The highest BCUT2D eigenvalue weighted by molar-refractivity contribution is 6.04. The highest BCUT2D eigenvalue weighted by Gasteiger charge is 2.04. The van der Waals surface area contributed by atoms with Crippen molar-refractivity contribution in [3.63, 3.8) is 0 Å². The van der Waals surface area contributed by atoms with Crippen LogP contribution in [0, 0.1) is 5.82 Å². The Morgan fingerprint density at radius 2 is 1.88 bits per heavy atom. The summed E-state index contributed by atoms with van der Waals surface area (Å²) < 4.78 is 12.5. The number of carbonyl (C=O) groups is 2. The van der Waals surface area contributed by atoms with Crippen molar-refractivity contribution in [2.45, 2.75) is 6.92 Å². The quantitative estimate of drug-likeness (QED) is 0.768. The van der Waals surface area contributed by atoms with E-state index in [-0.39, 0.29) is 5.57 Å². The van der Waals surface area contributed by atoms with Crippen molar-refractivity contribution in [3.05, 3.63) is 41.7 Å². The van der Waals surface area contributed by atoms with Crippen molar-refractivity contribution < 1.29 is 19.1 Å². The van der Waals surface area contributed by atoms with Gasteiger partial charge >= 0.3 is 5.97 Å². The van der Waals surface area contributed by atoms with Gasteiger partial charge in [-0.05, 0) is 31.2 Å². The van der Waals surface area contributed by atoms with Crippen LogP contribution in [0.25, 0.3) is 0 Å². The molecule has 0 fully saturated rings. The average molecular weight is 223 g/mol. The van der Waals surface area contributed by atoms with Gasteiger partial charge in [-0.15, -0.1) is 0 Å². The van der Waals surface area contributed by atoms with Gasteiger partial charge in [0.1, 0.15) is 5.82 Å². The van der Waals surface area contributed by atoms with Crippen LogP contribution in [0.5, 0.6) is 0 Å². The topological polar surface area (TPSA) is 66.4 Å². The Morgan fingerprint density at radius 1 is 1.31 bits per heavy atom. The first-order chi connectivity index (χ1) is 7.49. The van der Waals surface area contributed by atoms with Gasteiger partial charge in [-0.2, -0.15) is 0 Å². The highest BCUT2D eigenvalue weighted by Crippen LogP contribution is 2.08.